The molecule has 1 aromatic carbocycles. The molecule has 30 heavy (non-hydrogen) atoms. The van der Waals surface area contributed by atoms with E-state index >= 15 is 0 Å². The van der Waals surface area contributed by atoms with Gasteiger partial charge in [-0.15, -0.1) is 0 Å². The Morgan fingerprint density at radius 3 is 2.87 bits per heavy atom. The van der Waals surface area contributed by atoms with Crippen LogP contribution in [0.4, 0.5) is 0 Å². The largest absolute Gasteiger partial charge is 0.340 e. The van der Waals surface area contributed by atoms with Gasteiger partial charge < -0.3 is 10.2 Å². The molecule has 1 amide bonds. The molecule has 3 heterocycles. The van der Waals surface area contributed by atoms with Gasteiger partial charge in [0.25, 0.3) is 0 Å². The Morgan fingerprint density at radius 1 is 1.23 bits per heavy atom. The van der Waals surface area contributed by atoms with Crippen LogP contribution in [-0.4, -0.2) is 41.5 Å². The summed E-state index contributed by atoms with van der Waals surface area (Å²) in [6.07, 6.45) is 5.15. The van der Waals surface area contributed by atoms with Crippen LogP contribution in [0.1, 0.15) is 55.3 Å². The lowest BCUT2D eigenvalue weighted by atomic mass is 9.65. The summed E-state index contributed by atoms with van der Waals surface area (Å²) in [6, 6.07) is 15.0. The Balaban J connectivity index is 1.38. The van der Waals surface area contributed by atoms with Crippen LogP contribution in [0.25, 0.3) is 0 Å². The third-order valence-electron chi connectivity index (χ3n) is 7.70. The summed E-state index contributed by atoms with van der Waals surface area (Å²) in [6.45, 7) is 4.68. The minimum absolute atomic E-state index is 0.0183. The van der Waals surface area contributed by atoms with Gasteiger partial charge in [0.15, 0.2) is 0 Å². The van der Waals surface area contributed by atoms with E-state index in [-0.39, 0.29) is 17.4 Å². The summed E-state index contributed by atoms with van der Waals surface area (Å²) in [4.78, 5) is 20.6. The maximum atomic E-state index is 13.8. The first-order valence-corrected chi connectivity index (χ1v) is 11.7. The van der Waals surface area contributed by atoms with Crippen molar-refractivity contribution in [2.24, 2.45) is 5.92 Å². The molecule has 2 aromatic rings. The highest BCUT2D eigenvalue weighted by Gasteiger charge is 2.52. The molecule has 4 atom stereocenters. The standard InChI is InChI=1S/C25H30ClN3O/c1-17-14-19(18-6-3-2-4-7-18)11-13-29(17)24(30)21-15-27-16-25(21)12-5-8-22-20(25)9-10-23(26)28-22/h2-4,6-7,9-10,17,19,21,27H,5,8,11-16H2,1H3/t17-,19+,21+,25+/m1/s1. The molecular formula is C25H30ClN3O. The van der Waals surface area contributed by atoms with Gasteiger partial charge in [-0.3, -0.25) is 4.79 Å². The van der Waals surface area contributed by atoms with E-state index in [2.05, 4.69) is 58.5 Å². The van der Waals surface area contributed by atoms with Crippen LogP contribution in [-0.2, 0) is 16.6 Å². The van der Waals surface area contributed by atoms with E-state index in [0.717, 1.165) is 57.4 Å². The Labute approximate surface area is 184 Å². The number of aromatic nitrogens is 1. The van der Waals surface area contributed by atoms with Gasteiger partial charge in [0, 0.05) is 36.8 Å². The fourth-order valence-corrected chi connectivity index (χ4v) is 6.34. The van der Waals surface area contributed by atoms with Crippen molar-refractivity contribution in [2.75, 3.05) is 19.6 Å². The molecule has 3 aliphatic rings. The van der Waals surface area contributed by atoms with Gasteiger partial charge in [0.2, 0.25) is 5.91 Å². The van der Waals surface area contributed by atoms with Crippen LogP contribution in [0, 0.1) is 5.92 Å². The van der Waals surface area contributed by atoms with Gasteiger partial charge in [0.05, 0.1) is 5.92 Å². The molecule has 2 fully saturated rings. The van der Waals surface area contributed by atoms with Crippen LogP contribution in [0.5, 0.6) is 0 Å². The first-order chi connectivity index (χ1) is 14.6. The van der Waals surface area contributed by atoms with Crippen molar-refractivity contribution in [2.45, 2.75) is 56.4 Å². The highest BCUT2D eigenvalue weighted by Crippen LogP contribution is 2.46. The summed E-state index contributed by atoms with van der Waals surface area (Å²) < 4.78 is 0. The molecule has 158 valence electrons. The van der Waals surface area contributed by atoms with Crippen LogP contribution in [0.2, 0.25) is 5.15 Å². The lowest BCUT2D eigenvalue weighted by molar-refractivity contribution is -0.140. The zero-order valence-electron chi connectivity index (χ0n) is 17.6. The number of fused-ring (bicyclic) bond motifs is 2. The molecule has 5 heteroatoms. The molecule has 2 aliphatic heterocycles. The fraction of sp³-hybridized carbons (Fsp3) is 0.520. The minimum atomic E-state index is -0.141. The monoisotopic (exact) mass is 423 g/mol. The summed E-state index contributed by atoms with van der Waals surface area (Å²) in [7, 11) is 0. The Morgan fingerprint density at radius 2 is 2.07 bits per heavy atom. The Hall–Kier alpha value is -1.91. The van der Waals surface area contributed by atoms with E-state index in [9.17, 15) is 4.79 Å². The van der Waals surface area contributed by atoms with Gasteiger partial charge in [-0.05, 0) is 62.1 Å². The third kappa shape index (κ3) is 3.34. The number of hydrogen-bond donors (Lipinski definition) is 1. The van der Waals surface area contributed by atoms with Crippen LogP contribution < -0.4 is 5.32 Å². The van der Waals surface area contributed by atoms with E-state index in [1.807, 2.05) is 6.07 Å². The van der Waals surface area contributed by atoms with Gasteiger partial charge >= 0.3 is 0 Å². The Kier molecular flexibility index (Phi) is 5.32. The number of piperidine rings is 1. The third-order valence-corrected chi connectivity index (χ3v) is 7.91. The SMILES string of the molecule is C[C@@H]1C[C@@H](c2ccccc2)CCN1C(=O)[C@@H]1CNC[C@]12CCCc1nc(Cl)ccc12. The van der Waals surface area contributed by atoms with E-state index in [0.29, 0.717) is 17.0 Å². The second kappa shape index (κ2) is 7.97. The average Bonchev–Trinajstić information content (AvgIpc) is 3.17. The molecular weight excluding hydrogens is 394 g/mol. The number of carbonyl (C=O) groups excluding carboxylic acids is 1. The number of halogens is 1. The number of nitrogens with one attached hydrogen (secondary N) is 1. The van der Waals surface area contributed by atoms with Crippen LogP contribution in [0.15, 0.2) is 42.5 Å². The van der Waals surface area contributed by atoms with Crippen LogP contribution in [0.3, 0.4) is 0 Å². The molecule has 5 rings (SSSR count). The fourth-order valence-electron chi connectivity index (χ4n) is 6.18. The number of pyridine rings is 1. The highest BCUT2D eigenvalue weighted by molar-refractivity contribution is 6.29. The van der Waals surface area contributed by atoms with Crippen molar-refractivity contribution in [3.63, 3.8) is 0 Å². The average molecular weight is 424 g/mol. The predicted molar refractivity (Wildman–Crippen MR) is 120 cm³/mol. The molecule has 0 unspecified atom stereocenters. The quantitative estimate of drug-likeness (QED) is 0.731. The maximum Gasteiger partial charge on any atom is 0.228 e. The number of benzene rings is 1. The summed E-state index contributed by atoms with van der Waals surface area (Å²) in [5.74, 6) is 0.847. The maximum absolute atomic E-state index is 13.8. The Bertz CT molecular complexity index is 933. The highest BCUT2D eigenvalue weighted by atomic mass is 35.5. The number of carbonyl (C=O) groups is 1. The van der Waals surface area contributed by atoms with Gasteiger partial charge in [-0.1, -0.05) is 48.0 Å². The lowest BCUT2D eigenvalue weighted by Gasteiger charge is -2.44. The van der Waals surface area contributed by atoms with E-state index in [4.69, 9.17) is 11.6 Å². The zero-order valence-corrected chi connectivity index (χ0v) is 18.4. The predicted octanol–water partition coefficient (Wildman–Crippen LogP) is 4.32. The van der Waals surface area contributed by atoms with Crippen molar-refractivity contribution >= 4 is 17.5 Å². The van der Waals surface area contributed by atoms with E-state index < -0.39 is 0 Å². The number of likely N-dealkylation sites (tertiary alicyclic amines) is 1. The van der Waals surface area contributed by atoms with Gasteiger partial charge in [0.1, 0.15) is 5.15 Å². The number of rotatable bonds is 2. The first kappa shape index (κ1) is 20.0. The number of nitrogens with zero attached hydrogens (tertiary/aromatic N) is 2. The summed E-state index contributed by atoms with van der Waals surface area (Å²) >= 11 is 6.17. The van der Waals surface area contributed by atoms with Crippen molar-refractivity contribution in [3.8, 4) is 0 Å². The van der Waals surface area contributed by atoms with E-state index in [1.165, 1.54) is 11.1 Å². The number of aryl methyl sites for hydroxylation is 1. The normalized spacial score (nSPS) is 31.0. The number of hydrogen-bond acceptors (Lipinski definition) is 3. The zero-order chi connectivity index (χ0) is 20.7. The van der Waals surface area contributed by atoms with Gasteiger partial charge in [-0.2, -0.15) is 0 Å². The molecule has 4 nitrogen and oxygen atoms in total. The van der Waals surface area contributed by atoms with Crippen molar-refractivity contribution in [3.05, 3.63) is 64.4 Å². The number of amides is 1. The molecule has 0 radical (unpaired) electrons. The molecule has 1 N–H and O–H groups in total. The van der Waals surface area contributed by atoms with E-state index in [1.54, 1.807) is 0 Å². The lowest BCUT2D eigenvalue weighted by Crippen LogP contribution is -2.52. The summed E-state index contributed by atoms with van der Waals surface area (Å²) in [5, 5.41) is 4.10. The first-order valence-electron chi connectivity index (χ1n) is 11.3. The van der Waals surface area contributed by atoms with Crippen molar-refractivity contribution in [1.82, 2.24) is 15.2 Å². The van der Waals surface area contributed by atoms with Crippen LogP contribution >= 0.6 is 11.6 Å². The molecule has 0 bridgehead atoms. The second-order valence-corrected chi connectivity index (χ2v) is 9.72. The van der Waals surface area contributed by atoms with Crippen molar-refractivity contribution in [1.29, 1.82) is 0 Å². The minimum Gasteiger partial charge on any atom is -0.340 e. The molecule has 1 aliphatic carbocycles. The second-order valence-electron chi connectivity index (χ2n) is 9.33. The topological polar surface area (TPSA) is 45.2 Å². The molecule has 0 saturated carbocycles. The molecule has 1 spiro atoms. The van der Waals surface area contributed by atoms with Gasteiger partial charge in [-0.25, -0.2) is 4.98 Å². The summed E-state index contributed by atoms with van der Waals surface area (Å²) in [5.41, 5.74) is 3.59. The smallest absolute Gasteiger partial charge is 0.228 e. The molecule has 1 aromatic heterocycles. The van der Waals surface area contributed by atoms with Crippen molar-refractivity contribution < 1.29 is 4.79 Å². The molecule has 2 saturated heterocycles.